The molecule has 1 atom stereocenters. The standard InChI is InChI=1S/C16H11BrFNO2/c1-21-15-5-3-2-4-11(15)13(9-19)16(20)12-8-10(17)6-7-14(12)18/h2-8,13H,1H3. The van der Waals surface area contributed by atoms with Gasteiger partial charge in [0.15, 0.2) is 5.78 Å². The van der Waals surface area contributed by atoms with Crippen LogP contribution in [-0.4, -0.2) is 12.9 Å². The Bertz CT molecular complexity index is 724. The molecule has 0 N–H and O–H groups in total. The normalized spacial score (nSPS) is 11.5. The van der Waals surface area contributed by atoms with Crippen molar-refractivity contribution < 1.29 is 13.9 Å². The highest BCUT2D eigenvalue weighted by Crippen LogP contribution is 2.30. The Hall–Kier alpha value is -2.19. The van der Waals surface area contributed by atoms with Crippen molar-refractivity contribution in [2.24, 2.45) is 0 Å². The maximum Gasteiger partial charge on any atom is 0.187 e. The van der Waals surface area contributed by atoms with Gasteiger partial charge in [-0.3, -0.25) is 4.79 Å². The number of benzene rings is 2. The Balaban J connectivity index is 2.49. The molecule has 0 radical (unpaired) electrons. The van der Waals surface area contributed by atoms with Crippen LogP contribution in [0.25, 0.3) is 0 Å². The fourth-order valence-corrected chi connectivity index (χ4v) is 2.38. The van der Waals surface area contributed by atoms with Gasteiger partial charge in [-0.2, -0.15) is 5.26 Å². The van der Waals surface area contributed by atoms with Gasteiger partial charge in [-0.15, -0.1) is 0 Å². The second kappa shape index (κ2) is 6.51. The molecule has 2 rings (SSSR count). The number of ether oxygens (including phenoxy) is 1. The van der Waals surface area contributed by atoms with Crippen molar-refractivity contribution in [2.45, 2.75) is 5.92 Å². The van der Waals surface area contributed by atoms with Gasteiger partial charge in [-0.25, -0.2) is 4.39 Å². The molecule has 0 heterocycles. The van der Waals surface area contributed by atoms with E-state index in [1.54, 1.807) is 24.3 Å². The highest BCUT2D eigenvalue weighted by Gasteiger charge is 2.26. The molecular formula is C16H11BrFNO2. The number of carbonyl (C=O) groups is 1. The molecule has 5 heteroatoms. The SMILES string of the molecule is COc1ccccc1C(C#N)C(=O)c1cc(Br)ccc1F. The van der Waals surface area contributed by atoms with E-state index in [0.29, 0.717) is 15.8 Å². The first-order valence-electron chi connectivity index (χ1n) is 6.10. The van der Waals surface area contributed by atoms with E-state index in [1.165, 1.54) is 25.3 Å². The Kier molecular flexibility index (Phi) is 4.71. The average Bonchev–Trinajstić information content (AvgIpc) is 2.50. The van der Waals surface area contributed by atoms with Crippen molar-refractivity contribution in [1.82, 2.24) is 0 Å². The van der Waals surface area contributed by atoms with Crippen LogP contribution in [0.2, 0.25) is 0 Å². The van der Waals surface area contributed by atoms with Gasteiger partial charge in [0.25, 0.3) is 0 Å². The molecule has 0 aromatic heterocycles. The number of halogens is 2. The number of hydrogen-bond donors (Lipinski definition) is 0. The summed E-state index contributed by atoms with van der Waals surface area (Å²) in [5, 5.41) is 9.33. The maximum atomic E-state index is 13.8. The molecule has 21 heavy (non-hydrogen) atoms. The largest absolute Gasteiger partial charge is 0.496 e. The molecule has 0 aliphatic carbocycles. The summed E-state index contributed by atoms with van der Waals surface area (Å²) in [4.78, 5) is 12.5. The number of rotatable bonds is 4. The molecule has 0 aliphatic rings. The minimum Gasteiger partial charge on any atom is -0.496 e. The summed E-state index contributed by atoms with van der Waals surface area (Å²) in [6.45, 7) is 0. The lowest BCUT2D eigenvalue weighted by molar-refractivity contribution is 0.0974. The van der Waals surface area contributed by atoms with Crippen molar-refractivity contribution in [3.8, 4) is 11.8 Å². The number of nitrogens with zero attached hydrogens (tertiary/aromatic N) is 1. The van der Waals surface area contributed by atoms with E-state index in [9.17, 15) is 14.4 Å². The molecule has 0 fully saturated rings. The van der Waals surface area contributed by atoms with Crippen molar-refractivity contribution in [3.63, 3.8) is 0 Å². The molecule has 0 bridgehead atoms. The zero-order valence-electron chi connectivity index (χ0n) is 11.1. The van der Waals surface area contributed by atoms with Crippen LogP contribution in [0, 0.1) is 17.1 Å². The lowest BCUT2D eigenvalue weighted by Gasteiger charge is -2.13. The molecule has 0 aliphatic heterocycles. The van der Waals surface area contributed by atoms with Gasteiger partial charge < -0.3 is 4.74 Å². The van der Waals surface area contributed by atoms with Crippen LogP contribution in [0.5, 0.6) is 5.75 Å². The van der Waals surface area contributed by atoms with E-state index in [-0.39, 0.29) is 5.56 Å². The molecule has 0 spiro atoms. The zero-order chi connectivity index (χ0) is 15.4. The van der Waals surface area contributed by atoms with Crippen LogP contribution in [0.1, 0.15) is 21.8 Å². The Morgan fingerprint density at radius 1 is 1.33 bits per heavy atom. The monoisotopic (exact) mass is 347 g/mol. The number of para-hydroxylation sites is 1. The van der Waals surface area contributed by atoms with Crippen LogP contribution >= 0.6 is 15.9 Å². The number of nitriles is 1. The van der Waals surface area contributed by atoms with Gasteiger partial charge in [0, 0.05) is 10.0 Å². The molecule has 0 saturated heterocycles. The summed E-state index contributed by atoms with van der Waals surface area (Å²) in [6, 6.07) is 12.7. The Morgan fingerprint density at radius 2 is 2.05 bits per heavy atom. The lowest BCUT2D eigenvalue weighted by atomic mass is 9.91. The van der Waals surface area contributed by atoms with Gasteiger partial charge >= 0.3 is 0 Å². The van der Waals surface area contributed by atoms with Gasteiger partial charge in [0.2, 0.25) is 0 Å². The van der Waals surface area contributed by atoms with E-state index < -0.39 is 17.5 Å². The van der Waals surface area contributed by atoms with E-state index in [1.807, 2.05) is 6.07 Å². The van der Waals surface area contributed by atoms with Crippen molar-refractivity contribution in [2.75, 3.05) is 7.11 Å². The van der Waals surface area contributed by atoms with Gasteiger partial charge in [-0.05, 0) is 24.3 Å². The van der Waals surface area contributed by atoms with Gasteiger partial charge in [-0.1, -0.05) is 34.1 Å². The summed E-state index contributed by atoms with van der Waals surface area (Å²) in [7, 11) is 1.46. The summed E-state index contributed by atoms with van der Waals surface area (Å²) in [5.41, 5.74) is 0.300. The van der Waals surface area contributed by atoms with Crippen molar-refractivity contribution in [1.29, 1.82) is 5.26 Å². The Labute approximate surface area is 130 Å². The van der Waals surface area contributed by atoms with Gasteiger partial charge in [0.1, 0.15) is 17.5 Å². The van der Waals surface area contributed by atoms with E-state index in [0.717, 1.165) is 0 Å². The second-order valence-electron chi connectivity index (χ2n) is 4.29. The summed E-state index contributed by atoms with van der Waals surface area (Å²) >= 11 is 3.19. The highest BCUT2D eigenvalue weighted by molar-refractivity contribution is 9.10. The molecule has 2 aromatic carbocycles. The number of methoxy groups -OCH3 is 1. The fourth-order valence-electron chi connectivity index (χ4n) is 2.02. The third kappa shape index (κ3) is 3.11. The summed E-state index contributed by atoms with van der Waals surface area (Å²) in [5.74, 6) is -1.95. The molecule has 0 amide bonds. The topological polar surface area (TPSA) is 50.1 Å². The molecule has 3 nitrogen and oxygen atoms in total. The maximum absolute atomic E-state index is 13.8. The second-order valence-corrected chi connectivity index (χ2v) is 5.21. The third-order valence-corrected chi connectivity index (χ3v) is 3.53. The highest BCUT2D eigenvalue weighted by atomic mass is 79.9. The first kappa shape index (κ1) is 15.2. The number of ketones is 1. The molecular weight excluding hydrogens is 337 g/mol. The van der Waals surface area contributed by atoms with Crippen LogP contribution in [-0.2, 0) is 0 Å². The van der Waals surface area contributed by atoms with Crippen molar-refractivity contribution in [3.05, 3.63) is 63.9 Å². The number of hydrogen-bond acceptors (Lipinski definition) is 3. The molecule has 2 aromatic rings. The van der Waals surface area contributed by atoms with Crippen LogP contribution < -0.4 is 4.74 Å². The molecule has 106 valence electrons. The zero-order valence-corrected chi connectivity index (χ0v) is 12.7. The first-order chi connectivity index (χ1) is 10.1. The van der Waals surface area contributed by atoms with Crippen LogP contribution in [0.15, 0.2) is 46.9 Å². The molecule has 1 unspecified atom stereocenters. The minimum absolute atomic E-state index is 0.123. The van der Waals surface area contributed by atoms with E-state index >= 15 is 0 Å². The average molecular weight is 348 g/mol. The smallest absolute Gasteiger partial charge is 0.187 e. The predicted molar refractivity (Wildman–Crippen MR) is 79.8 cm³/mol. The quantitative estimate of drug-likeness (QED) is 0.782. The number of carbonyl (C=O) groups excluding carboxylic acids is 1. The van der Waals surface area contributed by atoms with Crippen molar-refractivity contribution >= 4 is 21.7 Å². The van der Waals surface area contributed by atoms with Gasteiger partial charge in [0.05, 0.1) is 18.7 Å². The summed E-state index contributed by atoms with van der Waals surface area (Å²) in [6.07, 6.45) is 0. The van der Waals surface area contributed by atoms with E-state index in [2.05, 4.69) is 15.9 Å². The minimum atomic E-state index is -1.12. The lowest BCUT2D eigenvalue weighted by Crippen LogP contribution is -2.14. The van der Waals surface area contributed by atoms with E-state index in [4.69, 9.17) is 4.74 Å². The summed E-state index contributed by atoms with van der Waals surface area (Å²) < 4.78 is 19.6. The predicted octanol–water partition coefficient (Wildman–Crippen LogP) is 4.09. The molecule has 0 saturated carbocycles. The Morgan fingerprint density at radius 3 is 2.71 bits per heavy atom. The van der Waals surface area contributed by atoms with Crippen LogP contribution in [0.3, 0.4) is 0 Å². The third-order valence-electron chi connectivity index (χ3n) is 3.04. The fraction of sp³-hybridized carbons (Fsp3) is 0.125. The number of Topliss-reactive ketones (excluding diaryl/α,β-unsaturated/α-hetero) is 1. The van der Waals surface area contributed by atoms with Crippen LogP contribution in [0.4, 0.5) is 4.39 Å². The first-order valence-corrected chi connectivity index (χ1v) is 6.89.